The van der Waals surface area contributed by atoms with E-state index in [0.717, 1.165) is 90.2 Å². The Labute approximate surface area is 328 Å². The first-order valence-corrected chi connectivity index (χ1v) is 19.3. The molecule has 272 valence electrons. The van der Waals surface area contributed by atoms with Gasteiger partial charge in [0.2, 0.25) is 0 Å². The minimum absolute atomic E-state index is 0.819. The van der Waals surface area contributed by atoms with E-state index in [-0.39, 0.29) is 0 Å². The number of aromatic amines is 2. The van der Waals surface area contributed by atoms with Crippen LogP contribution in [0.5, 0.6) is 0 Å². The van der Waals surface area contributed by atoms with Crippen LogP contribution in [0.2, 0.25) is 0 Å². The molecule has 0 radical (unpaired) electrons. The van der Waals surface area contributed by atoms with Crippen molar-refractivity contribution >= 4 is 46.4 Å². The minimum atomic E-state index is 0.819. The Morgan fingerprint density at radius 1 is 0.429 bits per heavy atom. The van der Waals surface area contributed by atoms with Gasteiger partial charge in [0.1, 0.15) is 0 Å². The molecule has 4 nitrogen and oxygen atoms in total. The first kappa shape index (κ1) is 35.0. The lowest BCUT2D eigenvalue weighted by atomic mass is 9.92. The molecule has 2 aliphatic rings. The highest BCUT2D eigenvalue weighted by Gasteiger charge is 2.20. The van der Waals surface area contributed by atoms with Gasteiger partial charge in [0.25, 0.3) is 0 Å². The smallest absolute Gasteiger partial charge is 0.0737 e. The van der Waals surface area contributed by atoms with Crippen LogP contribution < -0.4 is 0 Å². The number of nitrogens with one attached hydrogen (secondary N) is 2. The third-order valence-electron chi connectivity index (χ3n) is 11.0. The number of hydrogen-bond acceptors (Lipinski definition) is 2. The van der Waals surface area contributed by atoms with Crippen LogP contribution >= 0.6 is 0 Å². The van der Waals surface area contributed by atoms with E-state index >= 15 is 0 Å². The summed E-state index contributed by atoms with van der Waals surface area (Å²) in [5, 5.41) is 0. The van der Waals surface area contributed by atoms with E-state index in [1.54, 1.807) is 0 Å². The lowest BCUT2D eigenvalue weighted by Gasteiger charge is -2.13. The number of rotatable bonds is 6. The largest absolute Gasteiger partial charge is 0.354 e. The highest BCUT2D eigenvalue weighted by molar-refractivity contribution is 6.00. The summed E-state index contributed by atoms with van der Waals surface area (Å²) in [6, 6.07) is 39.6. The first-order chi connectivity index (χ1) is 27.2. The van der Waals surface area contributed by atoms with Crippen LogP contribution in [0, 0.1) is 34.6 Å². The summed E-state index contributed by atoms with van der Waals surface area (Å²) in [7, 11) is 0. The second-order valence-corrected chi connectivity index (χ2v) is 15.2. The van der Waals surface area contributed by atoms with Crippen LogP contribution in [0.15, 0.2) is 122 Å². The molecule has 4 heteroatoms. The zero-order valence-electron chi connectivity index (χ0n) is 32.6. The van der Waals surface area contributed by atoms with Gasteiger partial charge >= 0.3 is 0 Å². The van der Waals surface area contributed by atoms with Crippen LogP contribution in [0.3, 0.4) is 0 Å². The van der Waals surface area contributed by atoms with Crippen LogP contribution in [0.1, 0.15) is 56.2 Å². The molecule has 8 bridgehead atoms. The molecular formula is C52H44N4. The number of fused-ring (bicyclic) bond motifs is 8. The number of aromatic nitrogens is 4. The normalized spacial score (nSPS) is 12.0. The van der Waals surface area contributed by atoms with E-state index in [1.807, 2.05) is 6.08 Å². The number of nitrogens with zero attached hydrogens (tertiary/aromatic N) is 2. The number of allylic oxidation sites excluding steroid dienone is 1. The Kier molecular flexibility index (Phi) is 8.82. The van der Waals surface area contributed by atoms with Crippen LogP contribution in [-0.2, 0) is 6.42 Å². The quantitative estimate of drug-likeness (QED) is 0.168. The summed E-state index contributed by atoms with van der Waals surface area (Å²) in [5.74, 6) is 0. The molecular weight excluding hydrogens is 681 g/mol. The van der Waals surface area contributed by atoms with Gasteiger partial charge in [-0.1, -0.05) is 108 Å². The van der Waals surface area contributed by atoms with Crippen molar-refractivity contribution in [1.82, 2.24) is 19.9 Å². The van der Waals surface area contributed by atoms with Crippen LogP contribution in [0.25, 0.3) is 90.9 Å². The number of aryl methyl sites for hydroxylation is 5. The molecule has 0 atom stereocenters. The van der Waals surface area contributed by atoms with E-state index in [4.69, 9.17) is 9.97 Å². The summed E-state index contributed by atoms with van der Waals surface area (Å²) in [6.45, 7) is 14.8. The predicted molar refractivity (Wildman–Crippen MR) is 238 cm³/mol. The second kappa shape index (κ2) is 14.1. The standard InChI is InChI=1S/C52H44N4/c1-7-8-36-13-19-39(20-14-36)51-42-23-21-40(53-42)49(37-15-9-31(2)10-16-37)44-25-27-46(55-44)52(48-34(5)29-33(4)30-35(48)6)47-28-26-45(56-47)50(41-22-24-43(51)54-41)38-17-11-32(3)12-18-38/h7,9-30,53,56H,1,8H2,2-6H3. The predicted octanol–water partition coefficient (Wildman–Crippen LogP) is 13.6. The Hall–Kier alpha value is -6.78. The van der Waals surface area contributed by atoms with Gasteiger partial charge in [-0.05, 0) is 129 Å². The molecule has 0 spiro atoms. The summed E-state index contributed by atoms with van der Waals surface area (Å²) in [6.07, 6.45) is 11.4. The molecule has 0 saturated carbocycles. The summed E-state index contributed by atoms with van der Waals surface area (Å²) < 4.78 is 0. The minimum Gasteiger partial charge on any atom is -0.354 e. The van der Waals surface area contributed by atoms with Gasteiger partial charge in [-0.25, -0.2) is 9.97 Å². The third kappa shape index (κ3) is 6.33. The molecule has 0 unspecified atom stereocenters. The maximum absolute atomic E-state index is 5.50. The highest BCUT2D eigenvalue weighted by Crippen LogP contribution is 2.40. The van der Waals surface area contributed by atoms with Crippen molar-refractivity contribution in [3.05, 3.63) is 178 Å². The third-order valence-corrected chi connectivity index (χ3v) is 11.0. The van der Waals surface area contributed by atoms with Crippen LogP contribution in [0.4, 0.5) is 0 Å². The molecule has 0 saturated heterocycles. The fourth-order valence-corrected chi connectivity index (χ4v) is 8.37. The van der Waals surface area contributed by atoms with Crippen molar-refractivity contribution in [2.75, 3.05) is 0 Å². The van der Waals surface area contributed by atoms with Crippen LogP contribution in [-0.4, -0.2) is 19.9 Å². The van der Waals surface area contributed by atoms with Crippen molar-refractivity contribution in [3.8, 4) is 44.5 Å². The summed E-state index contributed by atoms with van der Waals surface area (Å²) in [5.41, 5.74) is 23.6. The second-order valence-electron chi connectivity index (χ2n) is 15.2. The lowest BCUT2D eigenvalue weighted by Crippen LogP contribution is -1.94. The average Bonchev–Trinajstić information content (AvgIpc) is 4.02. The number of hydrogen-bond donors (Lipinski definition) is 2. The zero-order valence-corrected chi connectivity index (χ0v) is 32.6. The van der Waals surface area contributed by atoms with Gasteiger partial charge in [0.05, 0.1) is 22.8 Å². The van der Waals surface area contributed by atoms with E-state index in [1.165, 1.54) is 38.9 Å². The van der Waals surface area contributed by atoms with Crippen molar-refractivity contribution in [3.63, 3.8) is 0 Å². The topological polar surface area (TPSA) is 57.4 Å². The fraction of sp³-hybridized carbons (Fsp3) is 0.115. The van der Waals surface area contributed by atoms with Gasteiger partial charge in [-0.2, -0.15) is 0 Å². The van der Waals surface area contributed by atoms with Gasteiger partial charge in [0.15, 0.2) is 0 Å². The lowest BCUT2D eigenvalue weighted by molar-refractivity contribution is 1.27. The van der Waals surface area contributed by atoms with E-state index in [0.29, 0.717) is 0 Å². The Morgan fingerprint density at radius 2 is 0.786 bits per heavy atom. The molecule has 4 aromatic carbocycles. The van der Waals surface area contributed by atoms with Gasteiger partial charge in [0, 0.05) is 44.3 Å². The zero-order chi connectivity index (χ0) is 38.5. The molecule has 0 amide bonds. The number of benzene rings is 4. The van der Waals surface area contributed by atoms with Gasteiger partial charge in [-0.3, -0.25) is 0 Å². The Balaban J connectivity index is 1.47. The molecule has 2 N–H and O–H groups in total. The molecule has 0 aliphatic carbocycles. The van der Waals surface area contributed by atoms with Crippen molar-refractivity contribution in [2.45, 2.75) is 41.0 Å². The van der Waals surface area contributed by atoms with Gasteiger partial charge in [-0.15, -0.1) is 6.58 Å². The average molecular weight is 725 g/mol. The molecule has 9 rings (SSSR count). The maximum Gasteiger partial charge on any atom is 0.0737 e. The molecule has 56 heavy (non-hydrogen) atoms. The maximum atomic E-state index is 5.50. The highest BCUT2D eigenvalue weighted by atomic mass is 14.8. The van der Waals surface area contributed by atoms with Gasteiger partial charge < -0.3 is 9.97 Å². The van der Waals surface area contributed by atoms with Crippen molar-refractivity contribution in [2.24, 2.45) is 0 Å². The fourth-order valence-electron chi connectivity index (χ4n) is 8.37. The SMILES string of the molecule is C=CCc1ccc(-c2c3nc(c(-c4ccc(C)cc4)c4ccc([nH]4)c(-c4c(C)cc(C)cc4C)c4nc(c(-c5ccc(C)cc5)c5ccc2[nH]5)C=C4)C=C3)cc1. The van der Waals surface area contributed by atoms with E-state index in [2.05, 4.69) is 185 Å². The summed E-state index contributed by atoms with van der Waals surface area (Å²) in [4.78, 5) is 18.7. The monoisotopic (exact) mass is 724 g/mol. The van der Waals surface area contributed by atoms with Crippen molar-refractivity contribution < 1.29 is 0 Å². The summed E-state index contributed by atoms with van der Waals surface area (Å²) >= 11 is 0. The number of H-pyrrole nitrogens is 2. The van der Waals surface area contributed by atoms with E-state index < -0.39 is 0 Å². The molecule has 7 aromatic rings. The molecule has 3 aromatic heterocycles. The van der Waals surface area contributed by atoms with E-state index in [9.17, 15) is 0 Å². The first-order valence-electron chi connectivity index (χ1n) is 19.3. The van der Waals surface area contributed by atoms with Crippen molar-refractivity contribution in [1.29, 1.82) is 0 Å². The Morgan fingerprint density at radius 3 is 1.18 bits per heavy atom. The Bertz CT molecular complexity index is 2850. The molecule has 5 heterocycles. The molecule has 0 fully saturated rings. The molecule has 2 aliphatic heterocycles.